The standard InChI is InChI=1S/C30H28Cl2FN3O4/c1-30(2,3)28-24-26(29(38)34-4)35-36(18-10-16(31)9-17(32)11-18)27(24)21-12-20(22(39-5)13-23(21)40-28)19-8-6-7-15(14-37)25(19)33/h6-13,28,37H,14H2,1-5H3,(H,34,38). The van der Waals surface area contributed by atoms with Gasteiger partial charge in [0.2, 0.25) is 0 Å². The summed E-state index contributed by atoms with van der Waals surface area (Å²) in [5.41, 5.74) is 2.84. The minimum absolute atomic E-state index is 0.155. The molecule has 1 amide bonds. The lowest BCUT2D eigenvalue weighted by Crippen LogP contribution is -2.30. The number of aliphatic hydroxyl groups is 1. The fourth-order valence-corrected chi connectivity index (χ4v) is 5.52. The second kappa shape index (κ2) is 10.4. The Hall–Kier alpha value is -3.59. The van der Waals surface area contributed by atoms with Crippen molar-refractivity contribution in [1.29, 1.82) is 0 Å². The Bertz CT molecular complexity index is 1620. The number of hydrogen-bond acceptors (Lipinski definition) is 5. The average molecular weight is 584 g/mol. The first-order valence-electron chi connectivity index (χ1n) is 12.6. The lowest BCUT2D eigenvalue weighted by molar-refractivity contribution is 0.0806. The summed E-state index contributed by atoms with van der Waals surface area (Å²) >= 11 is 12.7. The number of carbonyl (C=O) groups is 1. The van der Waals surface area contributed by atoms with Crippen molar-refractivity contribution in [2.75, 3.05) is 14.2 Å². The van der Waals surface area contributed by atoms with Gasteiger partial charge in [-0.3, -0.25) is 4.79 Å². The highest BCUT2D eigenvalue weighted by atomic mass is 35.5. The summed E-state index contributed by atoms with van der Waals surface area (Å²) in [6.07, 6.45) is -0.573. The summed E-state index contributed by atoms with van der Waals surface area (Å²) < 4.78 is 29.3. The number of fused-ring (bicyclic) bond motifs is 3. The molecule has 7 nitrogen and oxygen atoms in total. The predicted octanol–water partition coefficient (Wildman–Crippen LogP) is 6.99. The maximum atomic E-state index is 15.5. The highest BCUT2D eigenvalue weighted by Crippen LogP contribution is 2.53. The topological polar surface area (TPSA) is 85.6 Å². The molecule has 3 aromatic carbocycles. The smallest absolute Gasteiger partial charge is 0.271 e. The minimum atomic E-state index is -0.573. The molecule has 0 saturated carbocycles. The lowest BCUT2D eigenvalue weighted by atomic mass is 9.80. The van der Waals surface area contributed by atoms with Crippen LogP contribution in [0.1, 0.15) is 48.5 Å². The maximum Gasteiger partial charge on any atom is 0.271 e. The number of carbonyl (C=O) groups excluding carboxylic acids is 1. The Kier molecular flexibility index (Phi) is 7.29. The van der Waals surface area contributed by atoms with Crippen LogP contribution in [0, 0.1) is 11.2 Å². The van der Waals surface area contributed by atoms with Crippen LogP contribution in [0.4, 0.5) is 4.39 Å². The molecule has 10 heteroatoms. The van der Waals surface area contributed by atoms with Crippen LogP contribution >= 0.6 is 23.2 Å². The number of nitrogens with one attached hydrogen (secondary N) is 1. The van der Waals surface area contributed by atoms with Gasteiger partial charge in [-0.1, -0.05) is 62.2 Å². The van der Waals surface area contributed by atoms with Gasteiger partial charge in [0.15, 0.2) is 5.69 Å². The second-order valence-corrected chi connectivity index (χ2v) is 11.5. The zero-order chi connectivity index (χ0) is 28.9. The van der Waals surface area contributed by atoms with Crippen LogP contribution in [0.3, 0.4) is 0 Å². The number of ether oxygens (including phenoxy) is 2. The van der Waals surface area contributed by atoms with Crippen LogP contribution in [-0.2, 0) is 6.61 Å². The molecule has 208 valence electrons. The zero-order valence-corrected chi connectivity index (χ0v) is 24.1. The summed E-state index contributed by atoms with van der Waals surface area (Å²) in [5.74, 6) is -0.0921. The molecule has 1 aliphatic heterocycles. The Labute approximate surface area is 241 Å². The number of rotatable bonds is 5. The van der Waals surface area contributed by atoms with E-state index in [0.717, 1.165) is 0 Å². The van der Waals surface area contributed by atoms with Gasteiger partial charge in [0.25, 0.3) is 5.91 Å². The fraction of sp³-hybridized carbons (Fsp3) is 0.267. The molecule has 0 spiro atoms. The van der Waals surface area contributed by atoms with Crippen LogP contribution in [0.2, 0.25) is 10.0 Å². The van der Waals surface area contributed by atoms with E-state index in [0.29, 0.717) is 49.6 Å². The van der Waals surface area contributed by atoms with Crippen molar-refractivity contribution in [2.45, 2.75) is 33.5 Å². The molecule has 2 heterocycles. The minimum Gasteiger partial charge on any atom is -0.496 e. The quantitative estimate of drug-likeness (QED) is 0.264. The first kappa shape index (κ1) is 28.0. The molecule has 1 aliphatic rings. The van der Waals surface area contributed by atoms with Gasteiger partial charge in [0, 0.05) is 50.8 Å². The van der Waals surface area contributed by atoms with E-state index >= 15 is 4.39 Å². The van der Waals surface area contributed by atoms with Gasteiger partial charge in [-0.2, -0.15) is 5.10 Å². The first-order valence-corrected chi connectivity index (χ1v) is 13.3. The molecular formula is C30H28Cl2FN3O4. The maximum absolute atomic E-state index is 15.5. The number of aromatic nitrogens is 2. The van der Waals surface area contributed by atoms with Gasteiger partial charge in [-0.25, -0.2) is 9.07 Å². The van der Waals surface area contributed by atoms with Crippen LogP contribution in [-0.4, -0.2) is 35.0 Å². The number of amides is 1. The Morgan fingerprint density at radius 1 is 1.12 bits per heavy atom. The SMILES string of the molecule is CNC(=O)c1nn(-c2cc(Cl)cc(Cl)c2)c2c1C(C(C)(C)C)Oc1cc(OC)c(-c3cccc(CO)c3F)cc1-2. The van der Waals surface area contributed by atoms with Gasteiger partial charge in [0.1, 0.15) is 23.4 Å². The molecule has 1 unspecified atom stereocenters. The third-order valence-corrected chi connectivity index (χ3v) is 7.28. The average Bonchev–Trinajstić information content (AvgIpc) is 3.31. The van der Waals surface area contributed by atoms with Crippen molar-refractivity contribution in [3.05, 3.63) is 81.2 Å². The molecule has 5 rings (SSSR count). The molecule has 4 aromatic rings. The molecule has 2 N–H and O–H groups in total. The second-order valence-electron chi connectivity index (χ2n) is 10.6. The van der Waals surface area contributed by atoms with E-state index in [9.17, 15) is 9.90 Å². The molecule has 0 aliphatic carbocycles. The Balaban J connectivity index is 1.90. The highest BCUT2D eigenvalue weighted by molar-refractivity contribution is 6.34. The highest BCUT2D eigenvalue weighted by Gasteiger charge is 2.42. The Morgan fingerprint density at radius 2 is 1.82 bits per heavy atom. The summed E-state index contributed by atoms with van der Waals surface area (Å²) in [6.45, 7) is 5.57. The predicted molar refractivity (Wildman–Crippen MR) is 153 cm³/mol. The van der Waals surface area contributed by atoms with Crippen LogP contribution in [0.25, 0.3) is 28.1 Å². The summed E-state index contributed by atoms with van der Waals surface area (Å²) in [6, 6.07) is 13.3. The van der Waals surface area contributed by atoms with Gasteiger partial charge in [0.05, 0.1) is 30.7 Å². The van der Waals surface area contributed by atoms with Crippen molar-refractivity contribution >= 4 is 29.1 Å². The number of benzene rings is 3. The van der Waals surface area contributed by atoms with Gasteiger partial charge < -0.3 is 19.9 Å². The largest absolute Gasteiger partial charge is 0.496 e. The monoisotopic (exact) mass is 583 g/mol. The van der Waals surface area contributed by atoms with Crippen molar-refractivity contribution in [3.63, 3.8) is 0 Å². The molecular weight excluding hydrogens is 556 g/mol. The van der Waals surface area contributed by atoms with Crippen LogP contribution in [0.5, 0.6) is 11.5 Å². The molecule has 40 heavy (non-hydrogen) atoms. The van der Waals surface area contributed by atoms with Crippen molar-refractivity contribution < 1.29 is 23.8 Å². The van der Waals surface area contributed by atoms with E-state index in [1.807, 2.05) is 20.8 Å². The molecule has 1 aromatic heterocycles. The van der Waals surface area contributed by atoms with Crippen molar-refractivity contribution in [3.8, 4) is 39.6 Å². The van der Waals surface area contributed by atoms with E-state index in [-0.39, 0.29) is 22.7 Å². The summed E-state index contributed by atoms with van der Waals surface area (Å²) in [5, 5.41) is 17.9. The van der Waals surface area contributed by atoms with Gasteiger partial charge in [-0.05, 0) is 24.3 Å². The number of halogens is 3. The van der Waals surface area contributed by atoms with Crippen molar-refractivity contribution in [2.24, 2.45) is 5.41 Å². The lowest BCUT2D eigenvalue weighted by Gasteiger charge is -2.36. The molecule has 0 fully saturated rings. The van der Waals surface area contributed by atoms with E-state index in [4.69, 9.17) is 37.8 Å². The zero-order valence-electron chi connectivity index (χ0n) is 22.6. The number of aliphatic hydroxyl groups excluding tert-OH is 1. The van der Waals surface area contributed by atoms with E-state index in [1.165, 1.54) is 20.2 Å². The molecule has 1 atom stereocenters. The van der Waals surface area contributed by atoms with E-state index in [1.54, 1.807) is 47.1 Å². The van der Waals surface area contributed by atoms with Crippen molar-refractivity contribution in [1.82, 2.24) is 15.1 Å². The Morgan fingerprint density at radius 3 is 2.42 bits per heavy atom. The van der Waals surface area contributed by atoms with E-state index < -0.39 is 23.9 Å². The van der Waals surface area contributed by atoms with Crippen LogP contribution in [0.15, 0.2) is 48.5 Å². The normalized spacial score (nSPS) is 14.3. The third kappa shape index (κ3) is 4.70. The van der Waals surface area contributed by atoms with E-state index in [2.05, 4.69) is 5.32 Å². The molecule has 0 saturated heterocycles. The first-order chi connectivity index (χ1) is 19.0. The number of hydrogen-bond donors (Lipinski definition) is 2. The van der Waals surface area contributed by atoms with Gasteiger partial charge in [-0.15, -0.1) is 0 Å². The summed E-state index contributed by atoms with van der Waals surface area (Å²) in [7, 11) is 3.03. The number of methoxy groups -OCH3 is 1. The fourth-order valence-electron chi connectivity index (χ4n) is 5.00. The number of nitrogens with zero attached hydrogens (tertiary/aromatic N) is 2. The van der Waals surface area contributed by atoms with Crippen LogP contribution < -0.4 is 14.8 Å². The summed E-state index contributed by atoms with van der Waals surface area (Å²) in [4.78, 5) is 13.2. The third-order valence-electron chi connectivity index (χ3n) is 6.85. The molecule has 0 radical (unpaired) electrons. The molecule has 0 bridgehead atoms. The van der Waals surface area contributed by atoms with Gasteiger partial charge >= 0.3 is 0 Å².